The van der Waals surface area contributed by atoms with Gasteiger partial charge in [-0.2, -0.15) is 13.2 Å². The first-order valence-electron chi connectivity index (χ1n) is 6.29. The van der Waals surface area contributed by atoms with Crippen LogP contribution in [0.1, 0.15) is 39.3 Å². The maximum atomic E-state index is 12.6. The lowest BCUT2D eigenvalue weighted by Gasteiger charge is -2.18. The molecule has 1 aromatic rings. The largest absolute Gasteiger partial charge is 0.433 e. The Balaban J connectivity index is 2.77. The number of hydrogen-bond donors (Lipinski definition) is 2. The van der Waals surface area contributed by atoms with Crippen LogP contribution < -0.4 is 11.1 Å². The van der Waals surface area contributed by atoms with Crippen molar-refractivity contribution in [2.45, 2.75) is 45.8 Å². The van der Waals surface area contributed by atoms with E-state index in [0.29, 0.717) is 11.6 Å². The average molecular weight is 275 g/mol. The zero-order valence-corrected chi connectivity index (χ0v) is 11.4. The van der Waals surface area contributed by atoms with E-state index in [1.807, 2.05) is 6.92 Å². The second kappa shape index (κ2) is 6.12. The Hall–Kier alpha value is -1.46. The quantitative estimate of drug-likeness (QED) is 0.856. The Kier molecular flexibility index (Phi) is 5.03. The number of aromatic nitrogens is 1. The van der Waals surface area contributed by atoms with Crippen LogP contribution in [0.4, 0.5) is 24.5 Å². The van der Waals surface area contributed by atoms with Crippen molar-refractivity contribution in [1.29, 1.82) is 0 Å². The van der Waals surface area contributed by atoms with Gasteiger partial charge in [0, 0.05) is 6.04 Å². The molecule has 0 aliphatic rings. The maximum absolute atomic E-state index is 12.6. The van der Waals surface area contributed by atoms with Crippen molar-refractivity contribution in [2.24, 2.45) is 5.92 Å². The van der Waals surface area contributed by atoms with Gasteiger partial charge in [-0.05, 0) is 31.7 Å². The van der Waals surface area contributed by atoms with Gasteiger partial charge in [0.2, 0.25) is 0 Å². The van der Waals surface area contributed by atoms with E-state index in [9.17, 15) is 13.2 Å². The summed E-state index contributed by atoms with van der Waals surface area (Å²) in [6.45, 7) is 6.14. The molecule has 108 valence electrons. The van der Waals surface area contributed by atoms with Crippen molar-refractivity contribution in [3.8, 4) is 0 Å². The fraction of sp³-hybridized carbons (Fsp3) is 0.615. The fourth-order valence-corrected chi connectivity index (χ4v) is 1.67. The molecule has 6 heteroatoms. The third kappa shape index (κ3) is 4.96. The highest BCUT2D eigenvalue weighted by Gasteiger charge is 2.33. The smallest absolute Gasteiger partial charge is 0.396 e. The first-order valence-corrected chi connectivity index (χ1v) is 6.29. The second-order valence-electron chi connectivity index (χ2n) is 5.17. The van der Waals surface area contributed by atoms with Crippen molar-refractivity contribution < 1.29 is 13.2 Å². The van der Waals surface area contributed by atoms with Crippen LogP contribution in [0.2, 0.25) is 0 Å². The molecule has 3 N–H and O–H groups in total. The van der Waals surface area contributed by atoms with Crippen LogP contribution >= 0.6 is 0 Å². The van der Waals surface area contributed by atoms with Gasteiger partial charge in [0.05, 0.1) is 17.6 Å². The summed E-state index contributed by atoms with van der Waals surface area (Å²) in [5, 5.41) is 3.01. The summed E-state index contributed by atoms with van der Waals surface area (Å²) in [7, 11) is 0. The van der Waals surface area contributed by atoms with Gasteiger partial charge < -0.3 is 11.1 Å². The molecule has 0 aliphatic carbocycles. The van der Waals surface area contributed by atoms with Gasteiger partial charge >= 0.3 is 6.18 Å². The number of nitrogens with zero attached hydrogens (tertiary/aromatic N) is 1. The molecular weight excluding hydrogens is 255 g/mol. The summed E-state index contributed by atoms with van der Waals surface area (Å²) in [5.41, 5.74) is 5.23. The molecule has 0 fully saturated rings. The monoisotopic (exact) mass is 275 g/mol. The molecule has 3 nitrogen and oxygen atoms in total. The summed E-state index contributed by atoms with van der Waals surface area (Å²) < 4.78 is 37.7. The summed E-state index contributed by atoms with van der Waals surface area (Å²) in [6, 6.07) is 1.02. The van der Waals surface area contributed by atoms with Crippen LogP contribution in [-0.2, 0) is 6.18 Å². The number of anilines is 2. The van der Waals surface area contributed by atoms with Gasteiger partial charge in [0.15, 0.2) is 0 Å². The molecular formula is C13H20F3N3. The molecule has 1 heterocycles. The van der Waals surface area contributed by atoms with E-state index in [1.165, 1.54) is 0 Å². The van der Waals surface area contributed by atoms with Crippen LogP contribution in [0.15, 0.2) is 12.3 Å². The molecule has 0 spiro atoms. The molecule has 0 saturated heterocycles. The number of nitrogens with two attached hydrogens (primary N) is 1. The van der Waals surface area contributed by atoms with Crippen LogP contribution in [0.5, 0.6) is 0 Å². The van der Waals surface area contributed by atoms with Gasteiger partial charge in [-0.15, -0.1) is 0 Å². The highest BCUT2D eigenvalue weighted by atomic mass is 19.4. The highest BCUT2D eigenvalue weighted by Crippen LogP contribution is 2.31. The molecule has 0 amide bonds. The van der Waals surface area contributed by atoms with E-state index in [0.717, 1.165) is 25.1 Å². The predicted molar refractivity (Wildman–Crippen MR) is 70.8 cm³/mol. The summed E-state index contributed by atoms with van der Waals surface area (Å²) >= 11 is 0. The van der Waals surface area contributed by atoms with Crippen LogP contribution in [0.25, 0.3) is 0 Å². The minimum absolute atomic E-state index is 0.0631. The fourth-order valence-electron chi connectivity index (χ4n) is 1.67. The van der Waals surface area contributed by atoms with Crippen molar-refractivity contribution >= 4 is 11.4 Å². The maximum Gasteiger partial charge on any atom is 0.433 e. The van der Waals surface area contributed by atoms with Crippen molar-refractivity contribution in [2.75, 3.05) is 11.1 Å². The molecule has 0 saturated carbocycles. The first kappa shape index (κ1) is 15.6. The van der Waals surface area contributed by atoms with Gasteiger partial charge in [-0.3, -0.25) is 0 Å². The van der Waals surface area contributed by atoms with E-state index < -0.39 is 11.9 Å². The van der Waals surface area contributed by atoms with Crippen molar-refractivity contribution in [3.05, 3.63) is 18.0 Å². The van der Waals surface area contributed by atoms with E-state index in [1.54, 1.807) is 0 Å². The number of alkyl halides is 3. The number of nitrogens with one attached hydrogen (secondary N) is 1. The molecule has 19 heavy (non-hydrogen) atoms. The number of halogens is 3. The molecule has 1 rings (SSSR count). The van der Waals surface area contributed by atoms with Gasteiger partial charge in [0.25, 0.3) is 0 Å². The van der Waals surface area contributed by atoms with Crippen molar-refractivity contribution in [1.82, 2.24) is 4.98 Å². The number of pyridine rings is 1. The third-order valence-corrected chi connectivity index (χ3v) is 2.80. The lowest BCUT2D eigenvalue weighted by molar-refractivity contribution is -0.141. The Bertz CT molecular complexity index is 416. The van der Waals surface area contributed by atoms with Crippen LogP contribution in [-0.4, -0.2) is 11.0 Å². The van der Waals surface area contributed by atoms with Gasteiger partial charge in [-0.1, -0.05) is 13.8 Å². The van der Waals surface area contributed by atoms with Gasteiger partial charge in [0.1, 0.15) is 5.69 Å². The van der Waals surface area contributed by atoms with Crippen molar-refractivity contribution in [3.63, 3.8) is 0 Å². The highest BCUT2D eigenvalue weighted by molar-refractivity contribution is 5.65. The zero-order chi connectivity index (χ0) is 14.6. The molecule has 1 aromatic heterocycles. The second-order valence-corrected chi connectivity index (χ2v) is 5.17. The van der Waals surface area contributed by atoms with E-state index in [4.69, 9.17) is 5.73 Å². The lowest BCUT2D eigenvalue weighted by Crippen LogP contribution is -2.18. The zero-order valence-electron chi connectivity index (χ0n) is 11.4. The average Bonchev–Trinajstić information content (AvgIpc) is 2.28. The van der Waals surface area contributed by atoms with E-state index in [2.05, 4.69) is 24.1 Å². The molecule has 0 radical (unpaired) electrons. The SMILES string of the molecule is CC(C)CCC(C)Nc1cc(C(F)(F)F)ncc1N. The molecule has 0 aromatic carbocycles. The topological polar surface area (TPSA) is 50.9 Å². The summed E-state index contributed by atoms with van der Waals surface area (Å²) in [4.78, 5) is 3.30. The minimum Gasteiger partial charge on any atom is -0.396 e. The minimum atomic E-state index is -4.45. The molecule has 0 aliphatic heterocycles. The molecule has 1 unspecified atom stereocenters. The van der Waals surface area contributed by atoms with E-state index in [-0.39, 0.29) is 11.7 Å². The number of nitrogen functional groups attached to an aromatic ring is 1. The summed E-state index contributed by atoms with van der Waals surface area (Å²) in [6.07, 6.45) is -1.53. The Morgan fingerprint density at radius 3 is 2.42 bits per heavy atom. The summed E-state index contributed by atoms with van der Waals surface area (Å²) in [5.74, 6) is 0.560. The Labute approximate surface area is 111 Å². The number of hydrogen-bond acceptors (Lipinski definition) is 3. The van der Waals surface area contributed by atoms with Crippen LogP contribution in [0, 0.1) is 5.92 Å². The van der Waals surface area contributed by atoms with Crippen LogP contribution in [0.3, 0.4) is 0 Å². The number of rotatable bonds is 5. The molecule has 1 atom stereocenters. The Morgan fingerprint density at radius 2 is 1.89 bits per heavy atom. The van der Waals surface area contributed by atoms with E-state index >= 15 is 0 Å². The van der Waals surface area contributed by atoms with Gasteiger partial charge in [-0.25, -0.2) is 4.98 Å². The Morgan fingerprint density at radius 1 is 1.26 bits per heavy atom. The predicted octanol–water partition coefficient (Wildman–Crippen LogP) is 3.92. The molecule has 0 bridgehead atoms. The first-order chi connectivity index (χ1) is 8.70. The standard InChI is InChI=1S/C13H20F3N3/c1-8(2)4-5-9(3)19-11-6-12(13(14,15)16)18-7-10(11)17/h6-9H,4-5,17H2,1-3H3,(H,18,19). The third-order valence-electron chi connectivity index (χ3n) is 2.80. The lowest BCUT2D eigenvalue weighted by atomic mass is 10.0. The normalized spacial score (nSPS) is 13.6.